The van der Waals surface area contributed by atoms with Gasteiger partial charge in [-0.25, -0.2) is 0 Å². The molecule has 0 aliphatic heterocycles. The van der Waals surface area contributed by atoms with Gasteiger partial charge in [0.15, 0.2) is 0 Å². The lowest BCUT2D eigenvalue weighted by Crippen LogP contribution is -2.22. The van der Waals surface area contributed by atoms with Crippen LogP contribution in [-0.2, 0) is 0 Å². The normalized spacial score (nSPS) is 9.91. The number of hydrogen-bond donors (Lipinski definition) is 2. The van der Waals surface area contributed by atoms with Crippen molar-refractivity contribution in [2.75, 3.05) is 19.0 Å². The highest BCUT2D eigenvalue weighted by Crippen LogP contribution is 2.19. The van der Waals surface area contributed by atoms with E-state index in [1.165, 1.54) is 7.11 Å². The van der Waals surface area contributed by atoms with Gasteiger partial charge in [0.05, 0.1) is 12.7 Å². The van der Waals surface area contributed by atoms with Crippen molar-refractivity contribution < 1.29 is 14.3 Å². The summed E-state index contributed by atoms with van der Waals surface area (Å²) in [7, 11) is 1.52. The minimum Gasteiger partial charge on any atom is -0.496 e. The van der Waals surface area contributed by atoms with E-state index in [4.69, 9.17) is 4.74 Å². The van der Waals surface area contributed by atoms with Crippen molar-refractivity contribution in [2.45, 2.75) is 6.92 Å². The van der Waals surface area contributed by atoms with Crippen LogP contribution in [0.2, 0.25) is 0 Å². The van der Waals surface area contributed by atoms with Gasteiger partial charge < -0.3 is 15.4 Å². The van der Waals surface area contributed by atoms with E-state index in [1.807, 2.05) is 6.92 Å². The maximum Gasteiger partial charge on any atom is 0.259 e. The Kier molecular flexibility index (Phi) is 5.14. The zero-order valence-electron chi connectivity index (χ0n) is 12.6. The summed E-state index contributed by atoms with van der Waals surface area (Å²) in [6.07, 6.45) is 0. The second-order valence-electron chi connectivity index (χ2n) is 4.59. The summed E-state index contributed by atoms with van der Waals surface area (Å²) in [5, 5.41) is 5.50. The van der Waals surface area contributed by atoms with E-state index in [2.05, 4.69) is 10.6 Å². The van der Waals surface area contributed by atoms with Crippen molar-refractivity contribution in [1.82, 2.24) is 5.32 Å². The molecular weight excluding hydrogens is 280 g/mol. The Labute approximate surface area is 129 Å². The maximum absolute atomic E-state index is 12.2. The Morgan fingerprint density at radius 3 is 2.32 bits per heavy atom. The topological polar surface area (TPSA) is 67.4 Å². The number of ether oxygens (including phenoxy) is 1. The van der Waals surface area contributed by atoms with Crippen LogP contribution in [0.4, 0.5) is 5.69 Å². The Balaban J connectivity index is 2.10. The van der Waals surface area contributed by atoms with Crippen LogP contribution < -0.4 is 15.4 Å². The first-order chi connectivity index (χ1) is 10.7. The monoisotopic (exact) mass is 298 g/mol. The van der Waals surface area contributed by atoms with Crippen LogP contribution in [0, 0.1) is 0 Å². The first-order valence-corrected chi connectivity index (χ1v) is 6.98. The molecule has 0 heterocycles. The number of amides is 2. The summed E-state index contributed by atoms with van der Waals surface area (Å²) in [4.78, 5) is 23.9. The lowest BCUT2D eigenvalue weighted by Gasteiger charge is -2.09. The summed E-state index contributed by atoms with van der Waals surface area (Å²) >= 11 is 0. The summed E-state index contributed by atoms with van der Waals surface area (Å²) in [5.74, 6) is 0.118. The lowest BCUT2D eigenvalue weighted by molar-refractivity contribution is 0.0955. The molecule has 0 bridgehead atoms. The highest BCUT2D eigenvalue weighted by molar-refractivity contribution is 6.06. The van der Waals surface area contributed by atoms with Gasteiger partial charge in [-0.1, -0.05) is 12.1 Å². The van der Waals surface area contributed by atoms with Crippen molar-refractivity contribution >= 4 is 17.5 Å². The van der Waals surface area contributed by atoms with Crippen LogP contribution in [-0.4, -0.2) is 25.5 Å². The van der Waals surface area contributed by atoms with Crippen molar-refractivity contribution in [3.63, 3.8) is 0 Å². The largest absolute Gasteiger partial charge is 0.496 e. The standard InChI is InChI=1S/C17H18N2O3/c1-3-18-16(20)12-8-10-13(11-9-12)19-17(21)14-6-4-5-7-15(14)22-2/h4-11H,3H2,1-2H3,(H,18,20)(H,19,21). The van der Waals surface area contributed by atoms with Crippen molar-refractivity contribution in [3.8, 4) is 5.75 Å². The predicted octanol–water partition coefficient (Wildman–Crippen LogP) is 2.70. The molecule has 0 saturated carbocycles. The van der Waals surface area contributed by atoms with Gasteiger partial charge in [-0.05, 0) is 43.3 Å². The first-order valence-electron chi connectivity index (χ1n) is 6.98. The first kappa shape index (κ1) is 15.6. The third-order valence-corrected chi connectivity index (χ3v) is 3.09. The number of rotatable bonds is 5. The van der Waals surface area contributed by atoms with Crippen LogP contribution >= 0.6 is 0 Å². The minimum absolute atomic E-state index is 0.134. The highest BCUT2D eigenvalue weighted by atomic mass is 16.5. The molecule has 114 valence electrons. The third kappa shape index (κ3) is 3.63. The molecule has 2 amide bonds. The number of para-hydroxylation sites is 1. The maximum atomic E-state index is 12.2. The van der Waals surface area contributed by atoms with Gasteiger partial charge in [-0.2, -0.15) is 0 Å². The zero-order chi connectivity index (χ0) is 15.9. The van der Waals surface area contributed by atoms with Gasteiger partial charge in [0.2, 0.25) is 0 Å². The van der Waals surface area contributed by atoms with Gasteiger partial charge in [-0.3, -0.25) is 9.59 Å². The van der Waals surface area contributed by atoms with Crippen molar-refractivity contribution in [1.29, 1.82) is 0 Å². The van der Waals surface area contributed by atoms with E-state index in [9.17, 15) is 9.59 Å². The Morgan fingerprint density at radius 1 is 1.00 bits per heavy atom. The number of carbonyl (C=O) groups excluding carboxylic acids is 2. The SMILES string of the molecule is CCNC(=O)c1ccc(NC(=O)c2ccccc2OC)cc1. The summed E-state index contributed by atoms with van der Waals surface area (Å²) in [5.41, 5.74) is 1.62. The molecule has 2 aromatic rings. The average molecular weight is 298 g/mol. The lowest BCUT2D eigenvalue weighted by atomic mass is 10.1. The molecule has 0 fully saturated rings. The van der Waals surface area contributed by atoms with E-state index in [-0.39, 0.29) is 11.8 Å². The fraction of sp³-hybridized carbons (Fsp3) is 0.176. The molecule has 0 aromatic heterocycles. The Morgan fingerprint density at radius 2 is 1.68 bits per heavy atom. The molecule has 0 aliphatic carbocycles. The summed E-state index contributed by atoms with van der Waals surface area (Å²) < 4.78 is 5.17. The van der Waals surface area contributed by atoms with Crippen molar-refractivity contribution in [2.24, 2.45) is 0 Å². The molecule has 0 atom stereocenters. The minimum atomic E-state index is -0.261. The van der Waals surface area contributed by atoms with Gasteiger partial charge in [0.25, 0.3) is 11.8 Å². The van der Waals surface area contributed by atoms with Crippen LogP contribution in [0.15, 0.2) is 48.5 Å². The van der Waals surface area contributed by atoms with Gasteiger partial charge >= 0.3 is 0 Å². The molecule has 2 N–H and O–H groups in total. The summed E-state index contributed by atoms with van der Waals surface area (Å²) in [6.45, 7) is 2.44. The molecule has 0 saturated heterocycles. The van der Waals surface area contributed by atoms with Crippen LogP contribution in [0.1, 0.15) is 27.6 Å². The molecule has 0 aliphatic rings. The van der Waals surface area contributed by atoms with Crippen LogP contribution in [0.3, 0.4) is 0 Å². The smallest absolute Gasteiger partial charge is 0.259 e. The van der Waals surface area contributed by atoms with E-state index in [1.54, 1.807) is 48.5 Å². The highest BCUT2D eigenvalue weighted by Gasteiger charge is 2.12. The zero-order valence-corrected chi connectivity index (χ0v) is 12.6. The average Bonchev–Trinajstić information content (AvgIpc) is 2.55. The van der Waals surface area contributed by atoms with Crippen LogP contribution in [0.25, 0.3) is 0 Å². The molecule has 0 spiro atoms. The fourth-order valence-corrected chi connectivity index (χ4v) is 2.00. The van der Waals surface area contributed by atoms with E-state index in [0.29, 0.717) is 29.1 Å². The van der Waals surface area contributed by atoms with Gasteiger partial charge in [0, 0.05) is 17.8 Å². The van der Waals surface area contributed by atoms with Crippen LogP contribution in [0.5, 0.6) is 5.75 Å². The van der Waals surface area contributed by atoms with Gasteiger partial charge in [-0.15, -0.1) is 0 Å². The fourth-order valence-electron chi connectivity index (χ4n) is 2.00. The molecule has 0 radical (unpaired) electrons. The molecule has 5 nitrogen and oxygen atoms in total. The number of anilines is 1. The molecular formula is C17H18N2O3. The number of nitrogens with one attached hydrogen (secondary N) is 2. The van der Waals surface area contributed by atoms with E-state index < -0.39 is 0 Å². The second-order valence-corrected chi connectivity index (χ2v) is 4.59. The molecule has 2 aromatic carbocycles. The van der Waals surface area contributed by atoms with E-state index in [0.717, 1.165) is 0 Å². The predicted molar refractivity (Wildman–Crippen MR) is 85.4 cm³/mol. The second kappa shape index (κ2) is 7.26. The molecule has 5 heteroatoms. The summed E-state index contributed by atoms with van der Waals surface area (Å²) in [6, 6.07) is 13.7. The number of methoxy groups -OCH3 is 1. The molecule has 2 rings (SSSR count). The number of hydrogen-bond acceptors (Lipinski definition) is 3. The quantitative estimate of drug-likeness (QED) is 0.892. The number of benzene rings is 2. The Bertz CT molecular complexity index is 666. The third-order valence-electron chi connectivity index (χ3n) is 3.09. The molecule has 22 heavy (non-hydrogen) atoms. The van der Waals surface area contributed by atoms with Crippen molar-refractivity contribution in [3.05, 3.63) is 59.7 Å². The van der Waals surface area contributed by atoms with E-state index >= 15 is 0 Å². The number of carbonyl (C=O) groups is 2. The van der Waals surface area contributed by atoms with Gasteiger partial charge in [0.1, 0.15) is 5.75 Å². The molecule has 0 unspecified atom stereocenters. The Hall–Kier alpha value is -2.82.